The minimum Gasteiger partial charge on any atom is -0.497 e. The second-order valence-corrected chi connectivity index (χ2v) is 5.77. The summed E-state index contributed by atoms with van der Waals surface area (Å²) in [6.07, 6.45) is -2.74. The minimum atomic E-state index is -4.37. The Balaban J connectivity index is 1.61. The molecule has 0 aliphatic rings. The number of hydrogen-bond acceptors (Lipinski definition) is 3. The lowest BCUT2D eigenvalue weighted by atomic mass is 10.1. The van der Waals surface area contributed by atoms with E-state index in [0.717, 1.165) is 23.1 Å². The van der Waals surface area contributed by atoms with Gasteiger partial charge in [0.05, 0.1) is 25.4 Å². The summed E-state index contributed by atoms with van der Waals surface area (Å²) >= 11 is 0. The van der Waals surface area contributed by atoms with E-state index in [2.05, 4.69) is 5.32 Å². The Morgan fingerprint density at radius 1 is 1.15 bits per heavy atom. The maximum absolute atomic E-state index is 12.5. The molecule has 1 amide bonds. The van der Waals surface area contributed by atoms with Gasteiger partial charge in [-0.25, -0.2) is 0 Å². The summed E-state index contributed by atoms with van der Waals surface area (Å²) in [5.74, 6) is 0.411. The third kappa shape index (κ3) is 3.99. The molecule has 0 fully saturated rings. The molecule has 1 N–H and O–H groups in total. The molecule has 26 heavy (non-hydrogen) atoms. The van der Waals surface area contributed by atoms with Crippen LogP contribution >= 0.6 is 0 Å². The van der Waals surface area contributed by atoms with Crippen LogP contribution in [0.25, 0.3) is 11.0 Å². The number of methoxy groups -OCH3 is 1. The highest BCUT2D eigenvalue weighted by molar-refractivity contribution is 5.88. The van der Waals surface area contributed by atoms with Gasteiger partial charge in [0.2, 0.25) is 5.91 Å². The third-order valence-electron chi connectivity index (χ3n) is 3.98. The van der Waals surface area contributed by atoms with Gasteiger partial charge in [-0.3, -0.25) is 4.79 Å². The topological polar surface area (TPSA) is 51.5 Å². The first-order valence-corrected chi connectivity index (χ1v) is 7.84. The third-order valence-corrected chi connectivity index (χ3v) is 3.98. The Hall–Kier alpha value is -2.96. The molecule has 4 nitrogen and oxygen atoms in total. The van der Waals surface area contributed by atoms with E-state index in [-0.39, 0.29) is 18.9 Å². The number of alkyl halides is 3. The Kier molecular flexibility index (Phi) is 4.88. The second kappa shape index (κ2) is 7.11. The Morgan fingerprint density at radius 2 is 1.88 bits per heavy atom. The van der Waals surface area contributed by atoms with Crippen LogP contribution in [0.1, 0.15) is 16.7 Å². The normalized spacial score (nSPS) is 11.5. The lowest BCUT2D eigenvalue weighted by molar-refractivity contribution is -0.137. The van der Waals surface area contributed by atoms with E-state index in [1.807, 2.05) is 6.07 Å². The lowest BCUT2D eigenvalue weighted by Gasteiger charge is -2.08. The predicted octanol–water partition coefficient (Wildman–Crippen LogP) is 4.32. The summed E-state index contributed by atoms with van der Waals surface area (Å²) in [6, 6.07) is 10.0. The molecule has 2 aromatic carbocycles. The number of halogens is 3. The van der Waals surface area contributed by atoms with Gasteiger partial charge >= 0.3 is 6.18 Å². The highest BCUT2D eigenvalue weighted by Crippen LogP contribution is 2.29. The lowest BCUT2D eigenvalue weighted by Crippen LogP contribution is -2.24. The van der Waals surface area contributed by atoms with E-state index in [4.69, 9.17) is 9.15 Å². The van der Waals surface area contributed by atoms with Crippen LogP contribution in [0.4, 0.5) is 13.2 Å². The molecule has 3 aromatic rings. The van der Waals surface area contributed by atoms with Crippen molar-refractivity contribution in [1.82, 2.24) is 5.32 Å². The fourth-order valence-corrected chi connectivity index (χ4v) is 2.58. The van der Waals surface area contributed by atoms with Crippen LogP contribution in [0, 0.1) is 0 Å². The summed E-state index contributed by atoms with van der Waals surface area (Å²) in [5, 5.41) is 3.51. The van der Waals surface area contributed by atoms with Crippen molar-refractivity contribution >= 4 is 16.9 Å². The molecule has 0 saturated heterocycles. The van der Waals surface area contributed by atoms with E-state index in [9.17, 15) is 18.0 Å². The second-order valence-electron chi connectivity index (χ2n) is 5.77. The summed E-state index contributed by atoms with van der Waals surface area (Å²) in [6.45, 7) is 0.153. The smallest absolute Gasteiger partial charge is 0.416 e. The van der Waals surface area contributed by atoms with Crippen molar-refractivity contribution < 1.29 is 27.1 Å². The molecule has 0 atom stereocenters. The zero-order valence-corrected chi connectivity index (χ0v) is 13.9. The molecule has 0 spiro atoms. The molecule has 0 bridgehead atoms. The summed E-state index contributed by atoms with van der Waals surface area (Å²) in [4.78, 5) is 12.1. The van der Waals surface area contributed by atoms with Gasteiger partial charge < -0.3 is 14.5 Å². The van der Waals surface area contributed by atoms with E-state index in [0.29, 0.717) is 16.9 Å². The van der Waals surface area contributed by atoms with Crippen LogP contribution in [-0.4, -0.2) is 13.0 Å². The minimum absolute atomic E-state index is 0.111. The average molecular weight is 363 g/mol. The SMILES string of the molecule is COc1ccc2c(CC(=O)NCc3ccc(C(F)(F)F)cc3)coc2c1. The fourth-order valence-electron chi connectivity index (χ4n) is 2.58. The maximum atomic E-state index is 12.5. The number of amides is 1. The molecule has 0 radical (unpaired) electrons. The van der Waals surface area contributed by atoms with Gasteiger partial charge in [0, 0.05) is 23.6 Å². The van der Waals surface area contributed by atoms with Gasteiger partial charge in [-0.1, -0.05) is 12.1 Å². The Bertz CT molecular complexity index is 914. The molecule has 1 heterocycles. The molecular formula is C19H16F3NO3. The van der Waals surface area contributed by atoms with E-state index in [1.54, 1.807) is 19.2 Å². The zero-order valence-electron chi connectivity index (χ0n) is 13.9. The zero-order chi connectivity index (χ0) is 18.7. The van der Waals surface area contributed by atoms with Crippen LogP contribution < -0.4 is 10.1 Å². The first kappa shape index (κ1) is 17.8. The number of rotatable bonds is 5. The van der Waals surface area contributed by atoms with Gasteiger partial charge in [0.15, 0.2) is 0 Å². The van der Waals surface area contributed by atoms with Crippen LogP contribution in [0.5, 0.6) is 5.75 Å². The van der Waals surface area contributed by atoms with Crippen LogP contribution in [0.2, 0.25) is 0 Å². The number of fused-ring (bicyclic) bond motifs is 1. The van der Waals surface area contributed by atoms with Gasteiger partial charge in [-0.2, -0.15) is 13.2 Å². The largest absolute Gasteiger partial charge is 0.497 e. The number of carbonyl (C=O) groups is 1. The number of carbonyl (C=O) groups excluding carboxylic acids is 1. The maximum Gasteiger partial charge on any atom is 0.416 e. The standard InChI is InChI=1S/C19H16F3NO3/c1-25-15-6-7-16-13(11-26-17(16)9-15)8-18(24)23-10-12-2-4-14(5-3-12)19(20,21)22/h2-7,9,11H,8,10H2,1H3,(H,23,24). The van der Waals surface area contributed by atoms with Crippen molar-refractivity contribution in [3.05, 3.63) is 65.4 Å². The molecule has 0 aliphatic heterocycles. The summed E-state index contributed by atoms with van der Waals surface area (Å²) in [5.41, 5.74) is 1.23. The van der Waals surface area contributed by atoms with Crippen molar-refractivity contribution in [2.45, 2.75) is 19.1 Å². The molecule has 0 saturated carbocycles. The van der Waals surface area contributed by atoms with Crippen molar-refractivity contribution in [2.24, 2.45) is 0 Å². The average Bonchev–Trinajstić information content (AvgIpc) is 3.01. The van der Waals surface area contributed by atoms with Crippen LogP contribution in [-0.2, 0) is 23.9 Å². The van der Waals surface area contributed by atoms with Gasteiger partial charge in [0.1, 0.15) is 11.3 Å². The number of benzene rings is 2. The highest BCUT2D eigenvalue weighted by atomic mass is 19.4. The van der Waals surface area contributed by atoms with Crippen LogP contribution in [0.15, 0.2) is 53.1 Å². The highest BCUT2D eigenvalue weighted by Gasteiger charge is 2.29. The molecule has 7 heteroatoms. The monoisotopic (exact) mass is 363 g/mol. The van der Waals surface area contributed by atoms with Gasteiger partial charge in [0.25, 0.3) is 0 Å². The molecule has 136 valence electrons. The molecular weight excluding hydrogens is 347 g/mol. The fraction of sp³-hybridized carbons (Fsp3) is 0.211. The Morgan fingerprint density at radius 3 is 2.54 bits per heavy atom. The van der Waals surface area contributed by atoms with E-state index >= 15 is 0 Å². The van der Waals surface area contributed by atoms with Crippen molar-refractivity contribution in [1.29, 1.82) is 0 Å². The molecule has 0 unspecified atom stereocenters. The number of ether oxygens (including phenoxy) is 1. The van der Waals surface area contributed by atoms with Crippen molar-refractivity contribution in [2.75, 3.05) is 7.11 Å². The van der Waals surface area contributed by atoms with Crippen molar-refractivity contribution in [3.63, 3.8) is 0 Å². The van der Waals surface area contributed by atoms with Gasteiger partial charge in [-0.05, 0) is 29.8 Å². The number of furan rings is 1. The molecule has 0 aliphatic carbocycles. The van der Waals surface area contributed by atoms with Crippen LogP contribution in [0.3, 0.4) is 0 Å². The first-order valence-electron chi connectivity index (χ1n) is 7.84. The Labute approximate surface area is 147 Å². The van der Waals surface area contributed by atoms with E-state index in [1.165, 1.54) is 18.4 Å². The van der Waals surface area contributed by atoms with Gasteiger partial charge in [-0.15, -0.1) is 0 Å². The summed E-state index contributed by atoms with van der Waals surface area (Å²) < 4.78 is 48.2. The van der Waals surface area contributed by atoms with E-state index < -0.39 is 11.7 Å². The summed E-state index contributed by atoms with van der Waals surface area (Å²) in [7, 11) is 1.56. The first-order chi connectivity index (χ1) is 12.4. The number of nitrogens with one attached hydrogen (secondary N) is 1. The quantitative estimate of drug-likeness (QED) is 0.735. The number of hydrogen-bond donors (Lipinski definition) is 1. The molecule has 3 rings (SSSR count). The predicted molar refractivity (Wildman–Crippen MR) is 89.8 cm³/mol. The van der Waals surface area contributed by atoms with Crippen molar-refractivity contribution in [3.8, 4) is 5.75 Å². The molecule has 1 aromatic heterocycles.